The summed E-state index contributed by atoms with van der Waals surface area (Å²) in [5.41, 5.74) is 5.48. The molecule has 0 spiro atoms. The smallest absolute Gasteiger partial charge is 0.234 e. The fourth-order valence-electron chi connectivity index (χ4n) is 3.48. The van der Waals surface area contributed by atoms with E-state index in [1.165, 1.54) is 11.1 Å². The predicted molar refractivity (Wildman–Crippen MR) is 111 cm³/mol. The Kier molecular flexibility index (Phi) is 5.08. The number of hydrogen-bond donors (Lipinski definition) is 1. The summed E-state index contributed by atoms with van der Waals surface area (Å²) in [5, 5.41) is 3.66. The Labute approximate surface area is 165 Å². The van der Waals surface area contributed by atoms with Crippen molar-refractivity contribution in [2.24, 2.45) is 0 Å². The number of aromatic nitrogens is 3. The minimum atomic E-state index is 0.0627. The molecule has 28 heavy (non-hydrogen) atoms. The van der Waals surface area contributed by atoms with Crippen LogP contribution in [0.3, 0.4) is 0 Å². The van der Waals surface area contributed by atoms with Crippen LogP contribution < -0.4 is 10.1 Å². The molecular formula is C23H24N4O. The lowest BCUT2D eigenvalue weighted by molar-refractivity contribution is 0.414. The topological polar surface area (TPSA) is 51.5 Å². The molecule has 0 radical (unpaired) electrons. The Hall–Kier alpha value is -3.18. The van der Waals surface area contributed by atoms with Gasteiger partial charge >= 0.3 is 0 Å². The number of nitrogens with zero attached hydrogens (tertiary/aromatic N) is 3. The first-order chi connectivity index (χ1) is 13.6. The van der Waals surface area contributed by atoms with Crippen molar-refractivity contribution in [3.05, 3.63) is 95.1 Å². The van der Waals surface area contributed by atoms with E-state index in [4.69, 9.17) is 9.72 Å². The first-order valence-corrected chi connectivity index (χ1v) is 9.38. The van der Waals surface area contributed by atoms with Crippen LogP contribution in [-0.2, 0) is 6.54 Å². The molecule has 0 aliphatic rings. The molecule has 4 rings (SSSR count). The van der Waals surface area contributed by atoms with Crippen molar-refractivity contribution in [1.29, 1.82) is 0 Å². The third kappa shape index (κ3) is 3.75. The highest BCUT2D eigenvalue weighted by molar-refractivity contribution is 5.37. The minimum absolute atomic E-state index is 0.0627. The summed E-state index contributed by atoms with van der Waals surface area (Å²) in [6.45, 7) is 4.72. The van der Waals surface area contributed by atoms with E-state index in [0.717, 1.165) is 28.6 Å². The van der Waals surface area contributed by atoms with Crippen molar-refractivity contribution < 1.29 is 4.74 Å². The predicted octanol–water partition coefficient (Wildman–Crippen LogP) is 4.23. The van der Waals surface area contributed by atoms with Crippen LogP contribution in [0, 0.1) is 13.8 Å². The lowest BCUT2D eigenvalue weighted by Gasteiger charge is -2.19. The highest BCUT2D eigenvalue weighted by atomic mass is 16.5. The third-order valence-electron chi connectivity index (χ3n) is 4.88. The van der Waals surface area contributed by atoms with Crippen molar-refractivity contribution in [3.8, 4) is 5.75 Å². The largest absolute Gasteiger partial charge is 0.497 e. The van der Waals surface area contributed by atoms with Gasteiger partial charge < -0.3 is 10.1 Å². The van der Waals surface area contributed by atoms with Gasteiger partial charge in [-0.3, -0.25) is 4.40 Å². The van der Waals surface area contributed by atoms with E-state index in [9.17, 15) is 0 Å². The lowest BCUT2D eigenvalue weighted by atomic mass is 9.98. The number of benzene rings is 2. The molecule has 1 N–H and O–H groups in total. The first kappa shape index (κ1) is 18.2. The molecule has 0 aliphatic carbocycles. The van der Waals surface area contributed by atoms with Gasteiger partial charge in [0.1, 0.15) is 5.75 Å². The zero-order chi connectivity index (χ0) is 19.5. The third-order valence-corrected chi connectivity index (χ3v) is 4.88. The van der Waals surface area contributed by atoms with Crippen LogP contribution in [0.15, 0.2) is 66.9 Å². The van der Waals surface area contributed by atoms with E-state index in [2.05, 4.69) is 65.9 Å². The summed E-state index contributed by atoms with van der Waals surface area (Å²) >= 11 is 0. The normalized spacial score (nSPS) is 12.2. The SMILES string of the molecule is COc1ccc([C@H](NCc2cn3c(C)cc(C)nc3n2)c2ccccc2)cc1. The van der Waals surface area contributed by atoms with Crippen LogP contribution in [0.4, 0.5) is 0 Å². The average molecular weight is 372 g/mol. The first-order valence-electron chi connectivity index (χ1n) is 9.38. The van der Waals surface area contributed by atoms with Gasteiger partial charge in [-0.1, -0.05) is 42.5 Å². The quantitative estimate of drug-likeness (QED) is 0.550. The number of rotatable bonds is 6. The Morgan fingerprint density at radius 1 is 0.964 bits per heavy atom. The maximum Gasteiger partial charge on any atom is 0.234 e. The van der Waals surface area contributed by atoms with E-state index in [-0.39, 0.29) is 6.04 Å². The molecule has 142 valence electrons. The van der Waals surface area contributed by atoms with E-state index in [1.807, 2.05) is 29.5 Å². The van der Waals surface area contributed by atoms with Crippen molar-refractivity contribution in [2.75, 3.05) is 7.11 Å². The molecule has 0 fully saturated rings. The highest BCUT2D eigenvalue weighted by Crippen LogP contribution is 2.24. The Bertz CT molecular complexity index is 1070. The Balaban J connectivity index is 1.61. The number of aryl methyl sites for hydroxylation is 2. The van der Waals surface area contributed by atoms with Crippen molar-refractivity contribution in [3.63, 3.8) is 0 Å². The number of fused-ring (bicyclic) bond motifs is 1. The standard InChI is InChI=1S/C23H24N4O/c1-16-13-17(2)27-15-20(26-23(27)25-16)14-24-22(18-7-5-4-6-8-18)19-9-11-21(28-3)12-10-19/h4-13,15,22,24H,14H2,1-3H3/t22-/m1/s1. The molecule has 4 aromatic rings. The van der Waals surface area contributed by atoms with Crippen LogP contribution in [0.5, 0.6) is 5.75 Å². The van der Waals surface area contributed by atoms with Crippen LogP contribution >= 0.6 is 0 Å². The molecule has 0 saturated carbocycles. The van der Waals surface area contributed by atoms with Gasteiger partial charge in [0.2, 0.25) is 5.78 Å². The minimum Gasteiger partial charge on any atom is -0.497 e. The second-order valence-electron chi connectivity index (χ2n) is 6.94. The summed E-state index contributed by atoms with van der Waals surface area (Å²) in [6, 6.07) is 20.8. The van der Waals surface area contributed by atoms with Gasteiger partial charge in [0, 0.05) is 24.1 Å². The second kappa shape index (κ2) is 7.82. The van der Waals surface area contributed by atoms with Crippen LogP contribution in [-0.4, -0.2) is 21.5 Å². The molecule has 2 aromatic carbocycles. The molecule has 0 bridgehead atoms. The van der Waals surface area contributed by atoms with Gasteiger partial charge in [-0.2, -0.15) is 0 Å². The molecule has 5 heteroatoms. The van der Waals surface area contributed by atoms with Gasteiger partial charge in [0.15, 0.2) is 0 Å². The summed E-state index contributed by atoms with van der Waals surface area (Å²) in [4.78, 5) is 9.22. The van der Waals surface area contributed by atoms with Gasteiger partial charge in [0.05, 0.1) is 18.8 Å². The van der Waals surface area contributed by atoms with Crippen molar-refractivity contribution >= 4 is 5.78 Å². The number of methoxy groups -OCH3 is 1. The number of nitrogens with one attached hydrogen (secondary N) is 1. The maximum absolute atomic E-state index is 5.30. The summed E-state index contributed by atoms with van der Waals surface area (Å²) in [6.07, 6.45) is 2.06. The fraction of sp³-hybridized carbons (Fsp3) is 0.217. The average Bonchev–Trinajstić information content (AvgIpc) is 3.12. The van der Waals surface area contributed by atoms with Gasteiger partial charge in [-0.15, -0.1) is 0 Å². The second-order valence-corrected chi connectivity index (χ2v) is 6.94. The number of imidazole rings is 1. The van der Waals surface area contributed by atoms with Crippen molar-refractivity contribution in [1.82, 2.24) is 19.7 Å². The molecule has 0 unspecified atom stereocenters. The fourth-order valence-corrected chi connectivity index (χ4v) is 3.48. The van der Waals surface area contributed by atoms with Crippen LogP contribution in [0.1, 0.15) is 34.3 Å². The van der Waals surface area contributed by atoms with Gasteiger partial charge in [0.25, 0.3) is 0 Å². The van der Waals surface area contributed by atoms with Gasteiger partial charge in [-0.25, -0.2) is 9.97 Å². The van der Waals surface area contributed by atoms with E-state index >= 15 is 0 Å². The van der Waals surface area contributed by atoms with E-state index in [0.29, 0.717) is 6.54 Å². The summed E-state index contributed by atoms with van der Waals surface area (Å²) < 4.78 is 7.33. The summed E-state index contributed by atoms with van der Waals surface area (Å²) in [5.74, 6) is 1.60. The molecule has 0 amide bonds. The molecule has 0 saturated heterocycles. The highest BCUT2D eigenvalue weighted by Gasteiger charge is 2.15. The summed E-state index contributed by atoms with van der Waals surface area (Å²) in [7, 11) is 1.68. The van der Waals surface area contributed by atoms with Crippen molar-refractivity contribution in [2.45, 2.75) is 26.4 Å². The molecule has 0 aliphatic heterocycles. The van der Waals surface area contributed by atoms with E-state index in [1.54, 1.807) is 7.11 Å². The molecule has 2 heterocycles. The number of hydrogen-bond acceptors (Lipinski definition) is 4. The molecule has 2 aromatic heterocycles. The number of ether oxygens (including phenoxy) is 1. The van der Waals surface area contributed by atoms with Crippen LogP contribution in [0.2, 0.25) is 0 Å². The lowest BCUT2D eigenvalue weighted by Crippen LogP contribution is -2.22. The zero-order valence-corrected chi connectivity index (χ0v) is 16.4. The Morgan fingerprint density at radius 3 is 2.39 bits per heavy atom. The monoisotopic (exact) mass is 372 g/mol. The molecule has 5 nitrogen and oxygen atoms in total. The maximum atomic E-state index is 5.30. The Morgan fingerprint density at radius 2 is 1.68 bits per heavy atom. The van der Waals surface area contributed by atoms with Crippen LogP contribution in [0.25, 0.3) is 5.78 Å². The van der Waals surface area contributed by atoms with E-state index < -0.39 is 0 Å². The molecular weight excluding hydrogens is 348 g/mol. The molecule has 1 atom stereocenters. The van der Waals surface area contributed by atoms with Gasteiger partial charge in [-0.05, 0) is 43.2 Å². The zero-order valence-electron chi connectivity index (χ0n) is 16.4.